The maximum absolute atomic E-state index is 11.9. The first-order valence-corrected chi connectivity index (χ1v) is 9.13. The number of likely N-dealkylation sites (N-methyl/N-ethyl adjacent to an activating group) is 1. The van der Waals surface area contributed by atoms with Crippen molar-refractivity contribution in [3.8, 4) is 0 Å². The quantitative estimate of drug-likeness (QED) is 0.654. The highest BCUT2D eigenvalue weighted by atomic mass is 32.1. The summed E-state index contributed by atoms with van der Waals surface area (Å²) >= 11 is 1.40. The van der Waals surface area contributed by atoms with Gasteiger partial charge < -0.3 is 4.90 Å². The van der Waals surface area contributed by atoms with Gasteiger partial charge in [-0.3, -0.25) is 4.79 Å². The van der Waals surface area contributed by atoms with Crippen molar-refractivity contribution in [2.45, 2.75) is 33.2 Å². The fourth-order valence-corrected chi connectivity index (χ4v) is 3.69. The number of carbonyl (C=O) groups excluding carboxylic acids is 1. The van der Waals surface area contributed by atoms with E-state index in [2.05, 4.69) is 68.4 Å². The first kappa shape index (κ1) is 17.4. The van der Waals surface area contributed by atoms with Crippen LogP contribution in [0.15, 0.2) is 40.8 Å². The van der Waals surface area contributed by atoms with E-state index >= 15 is 0 Å². The minimum Gasteiger partial charge on any atom is -0.365 e. The predicted octanol–water partition coefficient (Wildman–Crippen LogP) is 4.45. The Morgan fingerprint density at radius 3 is 2.76 bits per heavy atom. The molecule has 1 N–H and O–H groups in total. The summed E-state index contributed by atoms with van der Waals surface area (Å²) in [5.41, 5.74) is 8.41. The third kappa shape index (κ3) is 3.37. The SMILES string of the molecule is CC1=CC(C)(C)N(C)c2cc(C)c(/C=N/NC(=O)c3cccs3)cc21. The standard InChI is InChI=1S/C20H23N3OS/c1-13-9-17-16(14(2)11-20(3,4)23(17)5)10-15(13)12-21-22-19(24)18-7-6-8-25-18/h6-12H,1-5H3,(H,22,24)/b21-12+. The Kier molecular flexibility index (Phi) is 4.52. The molecule has 0 aliphatic carbocycles. The van der Waals surface area contributed by atoms with Gasteiger partial charge in [0.2, 0.25) is 0 Å². The molecule has 1 aromatic heterocycles. The molecule has 2 heterocycles. The Hall–Kier alpha value is -2.40. The van der Waals surface area contributed by atoms with Crippen molar-refractivity contribution in [3.63, 3.8) is 0 Å². The second-order valence-electron chi connectivity index (χ2n) is 6.94. The fraction of sp³-hybridized carbons (Fsp3) is 0.300. The van der Waals surface area contributed by atoms with E-state index in [1.54, 1.807) is 12.3 Å². The molecule has 3 rings (SSSR count). The van der Waals surface area contributed by atoms with Gasteiger partial charge in [-0.1, -0.05) is 12.1 Å². The number of hydrogen-bond acceptors (Lipinski definition) is 4. The van der Waals surface area contributed by atoms with Gasteiger partial charge in [0.25, 0.3) is 5.91 Å². The molecule has 1 aliphatic rings. The van der Waals surface area contributed by atoms with E-state index in [0.717, 1.165) is 11.1 Å². The number of hydrogen-bond donors (Lipinski definition) is 1. The Balaban J connectivity index is 1.86. The van der Waals surface area contributed by atoms with Crippen LogP contribution in [0.25, 0.3) is 5.57 Å². The zero-order valence-corrected chi connectivity index (χ0v) is 16.1. The average Bonchev–Trinajstić information content (AvgIpc) is 3.08. The number of anilines is 1. The molecule has 0 unspecified atom stereocenters. The molecule has 0 atom stereocenters. The summed E-state index contributed by atoms with van der Waals surface area (Å²) in [6, 6.07) is 7.97. The predicted molar refractivity (Wildman–Crippen MR) is 107 cm³/mol. The van der Waals surface area contributed by atoms with Crippen LogP contribution >= 0.6 is 11.3 Å². The van der Waals surface area contributed by atoms with E-state index in [9.17, 15) is 4.79 Å². The molecule has 0 fully saturated rings. The fourth-order valence-electron chi connectivity index (χ4n) is 3.08. The van der Waals surface area contributed by atoms with Gasteiger partial charge in [-0.05, 0) is 68.0 Å². The number of allylic oxidation sites excluding steroid dienone is 1. The van der Waals surface area contributed by atoms with Crippen molar-refractivity contribution in [2.24, 2.45) is 5.10 Å². The number of nitrogens with one attached hydrogen (secondary N) is 1. The number of aryl methyl sites for hydroxylation is 1. The minimum atomic E-state index is -0.181. The van der Waals surface area contributed by atoms with Gasteiger partial charge >= 0.3 is 0 Å². The zero-order chi connectivity index (χ0) is 18.2. The van der Waals surface area contributed by atoms with E-state index in [1.165, 1.54) is 28.2 Å². The van der Waals surface area contributed by atoms with Crippen LogP contribution in [0.4, 0.5) is 5.69 Å². The van der Waals surface area contributed by atoms with Crippen LogP contribution in [0.2, 0.25) is 0 Å². The van der Waals surface area contributed by atoms with Crippen LogP contribution in [-0.2, 0) is 0 Å². The zero-order valence-electron chi connectivity index (χ0n) is 15.3. The summed E-state index contributed by atoms with van der Waals surface area (Å²) in [5.74, 6) is -0.181. The minimum absolute atomic E-state index is 0.00614. The third-order valence-electron chi connectivity index (χ3n) is 4.72. The maximum Gasteiger partial charge on any atom is 0.281 e. The lowest BCUT2D eigenvalue weighted by molar-refractivity contribution is 0.0959. The van der Waals surface area contributed by atoms with Gasteiger partial charge in [-0.2, -0.15) is 5.10 Å². The van der Waals surface area contributed by atoms with E-state index in [4.69, 9.17) is 0 Å². The van der Waals surface area contributed by atoms with Crippen molar-refractivity contribution >= 4 is 34.7 Å². The molecule has 1 aliphatic heterocycles. The summed E-state index contributed by atoms with van der Waals surface area (Å²) in [6.07, 6.45) is 4.00. The average molecular weight is 353 g/mol. The van der Waals surface area contributed by atoms with E-state index in [1.807, 2.05) is 11.4 Å². The Bertz CT molecular complexity index is 863. The number of benzene rings is 1. The summed E-state index contributed by atoms with van der Waals surface area (Å²) in [6.45, 7) is 8.63. The lowest BCUT2D eigenvalue weighted by atomic mass is 9.87. The molecular weight excluding hydrogens is 330 g/mol. The van der Waals surface area contributed by atoms with Crippen LogP contribution in [-0.4, -0.2) is 24.7 Å². The second-order valence-corrected chi connectivity index (χ2v) is 7.89. The van der Waals surface area contributed by atoms with Crippen molar-refractivity contribution in [2.75, 3.05) is 11.9 Å². The normalized spacial score (nSPS) is 15.9. The lowest BCUT2D eigenvalue weighted by Gasteiger charge is -2.41. The Morgan fingerprint density at radius 2 is 2.08 bits per heavy atom. The van der Waals surface area contributed by atoms with Crippen molar-refractivity contribution in [3.05, 3.63) is 57.3 Å². The Labute approximate surface area is 152 Å². The molecule has 1 aromatic carbocycles. The van der Waals surface area contributed by atoms with E-state index < -0.39 is 0 Å². The number of thiophene rings is 1. The molecule has 0 saturated carbocycles. The van der Waals surface area contributed by atoms with Gasteiger partial charge in [0.1, 0.15) is 0 Å². The summed E-state index contributed by atoms with van der Waals surface area (Å²) < 4.78 is 0. The first-order valence-electron chi connectivity index (χ1n) is 8.25. The van der Waals surface area contributed by atoms with Crippen molar-refractivity contribution in [1.29, 1.82) is 0 Å². The van der Waals surface area contributed by atoms with Crippen molar-refractivity contribution < 1.29 is 4.79 Å². The molecule has 1 amide bonds. The van der Waals surface area contributed by atoms with Gasteiger partial charge in [-0.25, -0.2) is 5.43 Å². The highest BCUT2D eigenvalue weighted by Crippen LogP contribution is 2.38. The number of amides is 1. The smallest absolute Gasteiger partial charge is 0.281 e. The summed E-state index contributed by atoms with van der Waals surface area (Å²) in [7, 11) is 2.12. The molecule has 2 aromatic rings. The molecule has 0 spiro atoms. The second kappa shape index (κ2) is 6.48. The van der Waals surface area contributed by atoms with Crippen LogP contribution in [0.5, 0.6) is 0 Å². The lowest BCUT2D eigenvalue weighted by Crippen LogP contribution is -2.42. The van der Waals surface area contributed by atoms with Gasteiger partial charge in [0, 0.05) is 18.3 Å². The molecule has 0 bridgehead atoms. The third-order valence-corrected chi connectivity index (χ3v) is 5.59. The number of hydrazone groups is 1. The highest BCUT2D eigenvalue weighted by Gasteiger charge is 2.28. The molecular formula is C20H23N3OS. The number of nitrogens with zero attached hydrogens (tertiary/aromatic N) is 2. The molecule has 130 valence electrons. The number of rotatable bonds is 3. The molecule has 4 nitrogen and oxygen atoms in total. The maximum atomic E-state index is 11.9. The van der Waals surface area contributed by atoms with E-state index in [0.29, 0.717) is 4.88 Å². The van der Waals surface area contributed by atoms with Crippen LogP contribution in [0, 0.1) is 6.92 Å². The molecule has 0 radical (unpaired) electrons. The highest BCUT2D eigenvalue weighted by molar-refractivity contribution is 7.12. The van der Waals surface area contributed by atoms with Gasteiger partial charge in [0.15, 0.2) is 0 Å². The largest absolute Gasteiger partial charge is 0.365 e. The van der Waals surface area contributed by atoms with Crippen LogP contribution in [0.1, 0.15) is 47.1 Å². The molecule has 5 heteroatoms. The monoisotopic (exact) mass is 353 g/mol. The van der Waals surface area contributed by atoms with Crippen LogP contribution in [0.3, 0.4) is 0 Å². The topological polar surface area (TPSA) is 44.7 Å². The molecule has 25 heavy (non-hydrogen) atoms. The van der Waals surface area contributed by atoms with Crippen molar-refractivity contribution in [1.82, 2.24) is 5.43 Å². The van der Waals surface area contributed by atoms with E-state index in [-0.39, 0.29) is 11.4 Å². The molecule has 0 saturated heterocycles. The van der Waals surface area contributed by atoms with Gasteiger partial charge in [0.05, 0.1) is 16.6 Å². The summed E-state index contributed by atoms with van der Waals surface area (Å²) in [4.78, 5) is 14.9. The number of carbonyl (C=O) groups is 1. The first-order chi connectivity index (χ1) is 11.8. The van der Waals surface area contributed by atoms with Crippen LogP contribution < -0.4 is 10.3 Å². The Morgan fingerprint density at radius 1 is 1.32 bits per heavy atom. The summed E-state index contributed by atoms with van der Waals surface area (Å²) in [5, 5.41) is 6.00. The number of fused-ring (bicyclic) bond motifs is 1. The van der Waals surface area contributed by atoms with Gasteiger partial charge in [-0.15, -0.1) is 11.3 Å².